The molecule has 2 atom stereocenters. The van der Waals surface area contributed by atoms with Crippen LogP contribution in [0, 0.1) is 5.92 Å². The van der Waals surface area contributed by atoms with E-state index in [1.807, 2.05) is 48.5 Å². The fourth-order valence-electron chi connectivity index (χ4n) is 4.22. The van der Waals surface area contributed by atoms with Gasteiger partial charge in [-0.2, -0.15) is 18.3 Å². The van der Waals surface area contributed by atoms with Crippen molar-refractivity contribution in [1.82, 2.24) is 15.1 Å². The van der Waals surface area contributed by atoms with E-state index in [0.717, 1.165) is 34.8 Å². The summed E-state index contributed by atoms with van der Waals surface area (Å²) in [6.45, 7) is 5.31. The molecule has 3 aromatic carbocycles. The van der Waals surface area contributed by atoms with Gasteiger partial charge in [-0.1, -0.05) is 74.9 Å². The molecule has 0 fully saturated rings. The molecule has 4 N–H and O–H groups in total. The summed E-state index contributed by atoms with van der Waals surface area (Å²) < 4.78 is 41.7. The van der Waals surface area contributed by atoms with Crippen LogP contribution in [0.25, 0.3) is 5.69 Å². The van der Waals surface area contributed by atoms with Crippen molar-refractivity contribution in [1.29, 1.82) is 0 Å². The maximum Gasteiger partial charge on any atom is 0.435 e. The number of carbonyl (C=O) groups is 1. The number of alkyl halides is 3. The van der Waals surface area contributed by atoms with Crippen molar-refractivity contribution >= 4 is 11.6 Å². The molecule has 0 aliphatic carbocycles. The lowest BCUT2D eigenvalue weighted by molar-refractivity contribution is -0.141. The van der Waals surface area contributed by atoms with E-state index < -0.39 is 17.8 Å². The van der Waals surface area contributed by atoms with E-state index in [2.05, 4.69) is 29.6 Å². The Hall–Kier alpha value is -3.95. The van der Waals surface area contributed by atoms with Crippen molar-refractivity contribution in [3.8, 4) is 5.69 Å². The molecule has 0 aliphatic rings. The molecule has 4 rings (SSSR count). The fraction of sp³-hybridized carbons (Fsp3) is 0.267. The second-order valence-corrected chi connectivity index (χ2v) is 9.54. The van der Waals surface area contributed by atoms with E-state index in [1.54, 1.807) is 30.3 Å². The van der Waals surface area contributed by atoms with Crippen molar-refractivity contribution in [2.24, 2.45) is 11.7 Å². The molecule has 0 radical (unpaired) electrons. The average molecular weight is 536 g/mol. The summed E-state index contributed by atoms with van der Waals surface area (Å²) in [5.74, 6) is -0.239. The Morgan fingerprint density at radius 1 is 0.974 bits per heavy atom. The predicted molar refractivity (Wildman–Crippen MR) is 147 cm³/mol. The highest BCUT2D eigenvalue weighted by molar-refractivity contribution is 6.03. The second kappa shape index (κ2) is 12.3. The first-order chi connectivity index (χ1) is 18.7. The summed E-state index contributed by atoms with van der Waals surface area (Å²) >= 11 is 0. The number of aromatic nitrogens is 2. The number of halogens is 3. The molecule has 2 unspecified atom stereocenters. The van der Waals surface area contributed by atoms with Crippen LogP contribution in [0.5, 0.6) is 0 Å². The van der Waals surface area contributed by atoms with E-state index in [9.17, 15) is 18.0 Å². The Labute approximate surface area is 226 Å². The third-order valence-electron chi connectivity index (χ3n) is 6.60. The van der Waals surface area contributed by atoms with Crippen LogP contribution in [-0.4, -0.2) is 22.2 Å². The van der Waals surface area contributed by atoms with E-state index in [1.165, 1.54) is 0 Å². The molecule has 0 saturated heterocycles. The molecule has 0 saturated carbocycles. The van der Waals surface area contributed by atoms with Crippen LogP contribution in [0.15, 0.2) is 84.9 Å². The highest BCUT2D eigenvalue weighted by Crippen LogP contribution is 2.30. The minimum atomic E-state index is -4.71. The molecule has 0 aliphatic heterocycles. The minimum Gasteiger partial charge on any atom is -0.326 e. The molecular formula is C30H32F3N5O. The molecule has 0 bridgehead atoms. The standard InChI is InChI=1S/C30H32F3N5O/c1-3-20(2)19-35-28(22-10-5-4-6-11-22)23-12-8-13-24(16-23)36-29(39)26-17-27(30(31,32)33)37-38(26)25-14-7-9-21(15-25)18-34/h4-17,20,28,35H,3,18-19,34H2,1-2H3,(H,36,39). The van der Waals surface area contributed by atoms with Crippen LogP contribution in [-0.2, 0) is 12.7 Å². The second-order valence-electron chi connectivity index (χ2n) is 9.54. The van der Waals surface area contributed by atoms with Crippen LogP contribution in [0.4, 0.5) is 18.9 Å². The Bertz CT molecular complexity index is 1400. The third kappa shape index (κ3) is 6.93. The summed E-state index contributed by atoms with van der Waals surface area (Å²) in [5, 5.41) is 10.1. The van der Waals surface area contributed by atoms with Crippen LogP contribution in [0.1, 0.15) is 59.2 Å². The average Bonchev–Trinajstić information content (AvgIpc) is 3.41. The van der Waals surface area contributed by atoms with Gasteiger partial charge in [0.2, 0.25) is 0 Å². The number of hydrogen-bond donors (Lipinski definition) is 3. The normalized spacial score (nSPS) is 13.2. The van der Waals surface area contributed by atoms with Gasteiger partial charge in [-0.25, -0.2) is 4.68 Å². The molecule has 1 heterocycles. The van der Waals surface area contributed by atoms with Crippen molar-refractivity contribution in [2.45, 2.75) is 39.0 Å². The van der Waals surface area contributed by atoms with Gasteiger partial charge in [-0.05, 0) is 53.4 Å². The van der Waals surface area contributed by atoms with Crippen molar-refractivity contribution in [2.75, 3.05) is 11.9 Å². The van der Waals surface area contributed by atoms with E-state index in [4.69, 9.17) is 5.73 Å². The number of anilines is 1. The highest BCUT2D eigenvalue weighted by Gasteiger charge is 2.36. The van der Waals surface area contributed by atoms with Crippen molar-refractivity contribution < 1.29 is 18.0 Å². The minimum absolute atomic E-state index is 0.126. The monoisotopic (exact) mass is 535 g/mol. The summed E-state index contributed by atoms with van der Waals surface area (Å²) in [6, 6.07) is 24.5. The number of nitrogens with two attached hydrogens (primary N) is 1. The SMILES string of the molecule is CCC(C)CNC(c1ccccc1)c1cccc(NC(=O)c2cc(C(F)(F)F)nn2-c2cccc(CN)c2)c1. The largest absolute Gasteiger partial charge is 0.435 e. The Balaban J connectivity index is 1.66. The van der Waals surface area contributed by atoms with Gasteiger partial charge >= 0.3 is 6.18 Å². The van der Waals surface area contributed by atoms with Crippen LogP contribution >= 0.6 is 0 Å². The van der Waals surface area contributed by atoms with Crippen LogP contribution < -0.4 is 16.4 Å². The highest BCUT2D eigenvalue weighted by atomic mass is 19.4. The van der Waals surface area contributed by atoms with Crippen molar-refractivity contribution in [3.05, 3.63) is 113 Å². The van der Waals surface area contributed by atoms with E-state index >= 15 is 0 Å². The van der Waals surface area contributed by atoms with Crippen molar-refractivity contribution in [3.63, 3.8) is 0 Å². The first-order valence-corrected chi connectivity index (χ1v) is 12.9. The van der Waals surface area contributed by atoms with Gasteiger partial charge in [0, 0.05) is 18.3 Å². The quantitative estimate of drug-likeness (QED) is 0.222. The lowest BCUT2D eigenvalue weighted by atomic mass is 9.97. The Kier molecular flexibility index (Phi) is 8.83. The molecule has 0 spiro atoms. The van der Waals surface area contributed by atoms with Gasteiger partial charge in [0.15, 0.2) is 5.69 Å². The van der Waals surface area contributed by atoms with Crippen LogP contribution in [0.2, 0.25) is 0 Å². The summed E-state index contributed by atoms with van der Waals surface area (Å²) in [5.41, 5.74) is 7.77. The number of hydrogen-bond acceptors (Lipinski definition) is 4. The Morgan fingerprint density at radius 2 is 1.69 bits per heavy atom. The summed E-state index contributed by atoms with van der Waals surface area (Å²) in [4.78, 5) is 13.3. The number of benzene rings is 3. The number of rotatable bonds is 10. The molecule has 1 aromatic heterocycles. The summed E-state index contributed by atoms with van der Waals surface area (Å²) in [7, 11) is 0. The lowest BCUT2D eigenvalue weighted by Gasteiger charge is -2.22. The number of carbonyl (C=O) groups excluding carboxylic acids is 1. The first kappa shape index (κ1) is 28.1. The van der Waals surface area contributed by atoms with Gasteiger partial charge in [-0.15, -0.1) is 0 Å². The zero-order valence-electron chi connectivity index (χ0n) is 21.9. The van der Waals surface area contributed by atoms with E-state index in [-0.39, 0.29) is 18.3 Å². The fourth-order valence-corrected chi connectivity index (χ4v) is 4.22. The molecule has 6 nitrogen and oxygen atoms in total. The molecule has 39 heavy (non-hydrogen) atoms. The molecule has 204 valence electrons. The van der Waals surface area contributed by atoms with Gasteiger partial charge in [0.05, 0.1) is 11.7 Å². The summed E-state index contributed by atoms with van der Waals surface area (Å²) in [6.07, 6.45) is -3.68. The number of nitrogens with zero attached hydrogens (tertiary/aromatic N) is 2. The van der Waals surface area contributed by atoms with Gasteiger partial charge in [0.25, 0.3) is 5.91 Å². The molecule has 1 amide bonds. The molecule has 4 aromatic rings. The molecular weight excluding hydrogens is 503 g/mol. The van der Waals surface area contributed by atoms with Gasteiger partial charge < -0.3 is 16.4 Å². The smallest absolute Gasteiger partial charge is 0.326 e. The maximum absolute atomic E-state index is 13.6. The number of nitrogens with one attached hydrogen (secondary N) is 2. The zero-order valence-corrected chi connectivity index (χ0v) is 21.9. The van der Waals surface area contributed by atoms with Gasteiger partial charge in [0.1, 0.15) is 5.69 Å². The van der Waals surface area contributed by atoms with Gasteiger partial charge in [-0.3, -0.25) is 4.79 Å². The zero-order chi connectivity index (χ0) is 28.0. The molecule has 9 heteroatoms. The van der Waals surface area contributed by atoms with Crippen LogP contribution in [0.3, 0.4) is 0 Å². The topological polar surface area (TPSA) is 85.0 Å². The Morgan fingerprint density at radius 3 is 2.38 bits per heavy atom. The van der Waals surface area contributed by atoms with E-state index in [0.29, 0.717) is 22.9 Å². The number of amides is 1. The predicted octanol–water partition coefficient (Wildman–Crippen LogP) is 6.33. The lowest BCUT2D eigenvalue weighted by Crippen LogP contribution is -2.27. The maximum atomic E-state index is 13.6. The third-order valence-corrected chi connectivity index (χ3v) is 6.60. The first-order valence-electron chi connectivity index (χ1n) is 12.9.